The van der Waals surface area contributed by atoms with E-state index in [1.54, 1.807) is 0 Å². The molecule has 0 aromatic heterocycles. The van der Waals surface area contributed by atoms with Crippen molar-refractivity contribution in [3.8, 4) is 0 Å². The number of Topliss-reactive ketones (excluding diaryl/α,β-unsaturated/α-hetero) is 1. The van der Waals surface area contributed by atoms with Crippen LogP contribution in [-0.4, -0.2) is 17.4 Å². The number of ketones is 1. The van der Waals surface area contributed by atoms with Crippen molar-refractivity contribution in [1.29, 1.82) is 0 Å². The molecule has 162 valence electrons. The van der Waals surface area contributed by atoms with Gasteiger partial charge in [0, 0.05) is 5.92 Å². The fourth-order valence-corrected chi connectivity index (χ4v) is 8.16. The normalized spacial score (nSPS) is 44.2. The number of allylic oxidation sites excluding steroid dienone is 3. The van der Waals surface area contributed by atoms with Gasteiger partial charge in [0.2, 0.25) is 0 Å². The van der Waals surface area contributed by atoms with Gasteiger partial charge in [-0.3, -0.25) is 4.79 Å². The Morgan fingerprint density at radius 3 is 2.50 bits per heavy atom. The highest BCUT2D eigenvalue weighted by molar-refractivity contribution is 5.96. The lowest BCUT2D eigenvalue weighted by Crippen LogP contribution is -2.49. The molecule has 0 unspecified atom stereocenters. The second kappa shape index (κ2) is 6.43. The summed E-state index contributed by atoms with van der Waals surface area (Å²) >= 11 is 0. The number of rotatable bonds is 2. The van der Waals surface area contributed by atoms with Crippen LogP contribution >= 0.6 is 0 Å². The molecule has 4 aliphatic carbocycles. The lowest BCUT2D eigenvalue weighted by Gasteiger charge is -2.57. The van der Waals surface area contributed by atoms with E-state index < -0.39 is 5.60 Å². The third-order valence-electron chi connectivity index (χ3n) is 9.67. The number of fused-ring (bicyclic) bond motifs is 5. The molecule has 2 fully saturated rings. The number of cyclic esters (lactones) is 1. The van der Waals surface area contributed by atoms with Gasteiger partial charge in [-0.25, -0.2) is 4.79 Å². The van der Waals surface area contributed by atoms with Crippen molar-refractivity contribution in [1.82, 2.24) is 0 Å². The van der Waals surface area contributed by atoms with Crippen molar-refractivity contribution < 1.29 is 14.3 Å². The van der Waals surface area contributed by atoms with Gasteiger partial charge in [0.15, 0.2) is 0 Å². The Labute approximate surface area is 181 Å². The second-order valence-electron chi connectivity index (χ2n) is 11.7. The maximum Gasteiger partial charge on any atom is 0.339 e. The average Bonchev–Trinajstić information content (AvgIpc) is 3.16. The molecule has 0 amide bonds. The van der Waals surface area contributed by atoms with E-state index in [4.69, 9.17) is 4.74 Å². The Morgan fingerprint density at radius 1 is 1.07 bits per heavy atom. The summed E-state index contributed by atoms with van der Waals surface area (Å²) in [6.45, 7) is 10.6. The van der Waals surface area contributed by atoms with Crippen LogP contribution in [0.1, 0.15) is 79.6 Å². The van der Waals surface area contributed by atoms with Gasteiger partial charge in [-0.1, -0.05) is 26.0 Å². The largest absolute Gasteiger partial charge is 0.452 e. The quantitative estimate of drug-likeness (QED) is 0.530. The van der Waals surface area contributed by atoms with E-state index in [0.717, 1.165) is 36.8 Å². The third kappa shape index (κ3) is 2.76. The summed E-state index contributed by atoms with van der Waals surface area (Å²) < 4.78 is 5.53. The SMILES string of the molecule is CC(=O)[C@H]1CC[C@H]2[C@@H]3CC=C4C=C(C5=CC(C)(C)OC5=O)CC[C@]4(C)[C@H]3CC[C@]12C. The zero-order valence-electron chi connectivity index (χ0n) is 19.2. The van der Waals surface area contributed by atoms with Gasteiger partial charge in [-0.2, -0.15) is 0 Å². The summed E-state index contributed by atoms with van der Waals surface area (Å²) in [6, 6.07) is 0. The number of hydrogen-bond donors (Lipinski definition) is 0. The van der Waals surface area contributed by atoms with Crippen molar-refractivity contribution in [3.05, 3.63) is 34.9 Å². The summed E-state index contributed by atoms with van der Waals surface area (Å²) in [5.74, 6) is 2.58. The Hall–Kier alpha value is -1.64. The van der Waals surface area contributed by atoms with Crippen molar-refractivity contribution in [2.45, 2.75) is 85.2 Å². The predicted molar refractivity (Wildman–Crippen MR) is 118 cm³/mol. The fourth-order valence-electron chi connectivity index (χ4n) is 8.16. The minimum absolute atomic E-state index is 0.168. The Morgan fingerprint density at radius 2 is 1.83 bits per heavy atom. The molecule has 30 heavy (non-hydrogen) atoms. The summed E-state index contributed by atoms with van der Waals surface area (Å²) in [5.41, 5.74) is 3.28. The first-order valence-electron chi connectivity index (χ1n) is 11.9. The van der Waals surface area contributed by atoms with Crippen LogP contribution in [0.2, 0.25) is 0 Å². The van der Waals surface area contributed by atoms with Gasteiger partial charge in [0.25, 0.3) is 0 Å². The first-order chi connectivity index (χ1) is 14.1. The number of carbonyl (C=O) groups is 2. The van der Waals surface area contributed by atoms with E-state index in [2.05, 4.69) is 26.0 Å². The molecule has 2 saturated carbocycles. The second-order valence-corrected chi connectivity index (χ2v) is 11.7. The van der Waals surface area contributed by atoms with Crippen molar-refractivity contribution in [2.75, 3.05) is 0 Å². The fraction of sp³-hybridized carbons (Fsp3) is 0.704. The zero-order valence-corrected chi connectivity index (χ0v) is 19.2. The predicted octanol–water partition coefficient (Wildman–Crippen LogP) is 5.95. The summed E-state index contributed by atoms with van der Waals surface area (Å²) in [6.07, 6.45) is 14.7. The molecule has 6 atom stereocenters. The van der Waals surface area contributed by atoms with Crippen LogP contribution in [0.15, 0.2) is 34.9 Å². The lowest BCUT2D eigenvalue weighted by molar-refractivity contribution is -0.144. The van der Waals surface area contributed by atoms with Crippen molar-refractivity contribution in [3.63, 3.8) is 0 Å². The Bertz CT molecular complexity index is 903. The van der Waals surface area contributed by atoms with Crippen molar-refractivity contribution >= 4 is 11.8 Å². The van der Waals surface area contributed by atoms with Gasteiger partial charge >= 0.3 is 5.97 Å². The van der Waals surface area contributed by atoms with E-state index in [1.807, 2.05) is 26.8 Å². The summed E-state index contributed by atoms with van der Waals surface area (Å²) in [5, 5.41) is 0. The molecule has 0 spiro atoms. The molecule has 0 bridgehead atoms. The highest BCUT2D eigenvalue weighted by Gasteiger charge is 2.59. The number of esters is 1. The van der Waals surface area contributed by atoms with Gasteiger partial charge in [-0.05, 0) is 112 Å². The molecule has 0 aromatic rings. The Kier molecular flexibility index (Phi) is 4.35. The van der Waals surface area contributed by atoms with Crippen LogP contribution < -0.4 is 0 Å². The first-order valence-corrected chi connectivity index (χ1v) is 11.9. The van der Waals surface area contributed by atoms with Crippen molar-refractivity contribution in [2.24, 2.45) is 34.5 Å². The van der Waals surface area contributed by atoms with E-state index in [0.29, 0.717) is 23.5 Å². The molecule has 0 saturated heterocycles. The van der Waals surface area contributed by atoms with Crippen LogP contribution in [0.25, 0.3) is 0 Å². The number of carbonyl (C=O) groups excluding carboxylic acids is 2. The summed E-state index contributed by atoms with van der Waals surface area (Å²) in [7, 11) is 0. The number of ether oxygens (including phenoxy) is 1. The Balaban J connectivity index is 1.46. The molecule has 3 heteroatoms. The standard InChI is InChI=1S/C27H36O3/c1-16(28)21-8-9-22-19-7-6-18-14-17(20-15-25(2,3)30-24(20)29)10-12-26(18,4)23(19)11-13-27(21,22)5/h6,14-15,19,21-23H,7-13H2,1-5H3/t19-,21+,22-,23-,26-,27+/m0/s1. The molecule has 3 nitrogen and oxygen atoms in total. The molecule has 0 aromatic carbocycles. The van der Waals surface area contributed by atoms with Crippen LogP contribution in [0.5, 0.6) is 0 Å². The molecule has 5 rings (SSSR count). The van der Waals surface area contributed by atoms with Crippen LogP contribution in [-0.2, 0) is 14.3 Å². The zero-order chi connectivity index (χ0) is 21.5. The molecule has 1 heterocycles. The molecule has 0 N–H and O–H groups in total. The van der Waals surface area contributed by atoms with E-state index in [9.17, 15) is 9.59 Å². The smallest absolute Gasteiger partial charge is 0.339 e. The monoisotopic (exact) mass is 408 g/mol. The van der Waals surface area contributed by atoms with E-state index >= 15 is 0 Å². The molecular formula is C27H36O3. The third-order valence-corrected chi connectivity index (χ3v) is 9.67. The van der Waals surface area contributed by atoms with Gasteiger partial charge in [0.1, 0.15) is 11.4 Å². The highest BCUT2D eigenvalue weighted by atomic mass is 16.6. The van der Waals surface area contributed by atoms with Gasteiger partial charge in [-0.15, -0.1) is 0 Å². The van der Waals surface area contributed by atoms with Gasteiger partial charge < -0.3 is 4.74 Å². The molecule has 0 radical (unpaired) electrons. The maximum atomic E-state index is 12.4. The molecular weight excluding hydrogens is 372 g/mol. The lowest BCUT2D eigenvalue weighted by atomic mass is 9.47. The van der Waals surface area contributed by atoms with Gasteiger partial charge in [0.05, 0.1) is 5.57 Å². The van der Waals surface area contributed by atoms with Crippen LogP contribution in [0.3, 0.4) is 0 Å². The highest BCUT2D eigenvalue weighted by Crippen LogP contribution is 2.66. The first kappa shape index (κ1) is 20.3. The maximum absolute atomic E-state index is 12.4. The topological polar surface area (TPSA) is 43.4 Å². The number of hydrogen-bond acceptors (Lipinski definition) is 3. The minimum Gasteiger partial charge on any atom is -0.452 e. The van der Waals surface area contributed by atoms with Crippen LogP contribution in [0.4, 0.5) is 0 Å². The average molecular weight is 409 g/mol. The van der Waals surface area contributed by atoms with E-state index in [-0.39, 0.29) is 22.7 Å². The minimum atomic E-state index is -0.496. The van der Waals surface area contributed by atoms with Crippen LogP contribution in [0, 0.1) is 34.5 Å². The summed E-state index contributed by atoms with van der Waals surface area (Å²) in [4.78, 5) is 24.8. The molecule has 1 aliphatic heterocycles. The van der Waals surface area contributed by atoms with E-state index in [1.165, 1.54) is 24.8 Å². The molecule has 5 aliphatic rings.